The van der Waals surface area contributed by atoms with Crippen LogP contribution in [-0.2, 0) is 0 Å². The van der Waals surface area contributed by atoms with Crippen LogP contribution >= 0.6 is 0 Å². The lowest BCUT2D eigenvalue weighted by Crippen LogP contribution is -2.43. The van der Waals surface area contributed by atoms with Crippen molar-refractivity contribution in [2.24, 2.45) is 5.73 Å². The van der Waals surface area contributed by atoms with Crippen molar-refractivity contribution in [2.75, 3.05) is 13.1 Å². The SMILES string of the molecule is CC(c1cccnc1)N1CCCC(N)C1. The number of aromatic nitrogens is 1. The smallest absolute Gasteiger partial charge is 0.0335 e. The van der Waals surface area contributed by atoms with Crippen molar-refractivity contribution >= 4 is 0 Å². The van der Waals surface area contributed by atoms with Crippen LogP contribution in [0.4, 0.5) is 0 Å². The van der Waals surface area contributed by atoms with Crippen LogP contribution in [0.15, 0.2) is 24.5 Å². The number of nitrogens with two attached hydrogens (primary N) is 1. The van der Waals surface area contributed by atoms with E-state index in [2.05, 4.69) is 22.9 Å². The van der Waals surface area contributed by atoms with Crippen molar-refractivity contribution in [1.29, 1.82) is 0 Å². The molecule has 0 aromatic carbocycles. The van der Waals surface area contributed by atoms with Crippen molar-refractivity contribution in [3.05, 3.63) is 30.1 Å². The maximum Gasteiger partial charge on any atom is 0.0335 e. The highest BCUT2D eigenvalue weighted by Gasteiger charge is 2.21. The normalized spacial score (nSPS) is 25.1. The van der Waals surface area contributed by atoms with Crippen LogP contribution < -0.4 is 5.73 Å². The summed E-state index contributed by atoms with van der Waals surface area (Å²) >= 11 is 0. The lowest BCUT2D eigenvalue weighted by Gasteiger charge is -2.35. The Kier molecular flexibility index (Phi) is 3.34. The average Bonchev–Trinajstić information content (AvgIpc) is 2.29. The van der Waals surface area contributed by atoms with Gasteiger partial charge in [-0.15, -0.1) is 0 Å². The molecule has 3 nitrogen and oxygen atoms in total. The quantitative estimate of drug-likeness (QED) is 0.797. The molecule has 2 N–H and O–H groups in total. The predicted octanol–water partition coefficient (Wildman–Crippen LogP) is 1.57. The van der Waals surface area contributed by atoms with Crippen LogP contribution in [0, 0.1) is 0 Å². The van der Waals surface area contributed by atoms with Gasteiger partial charge in [0.1, 0.15) is 0 Å². The Hall–Kier alpha value is -0.930. The number of nitrogens with zero attached hydrogens (tertiary/aromatic N) is 2. The summed E-state index contributed by atoms with van der Waals surface area (Å²) in [5, 5.41) is 0. The molecule has 1 fully saturated rings. The summed E-state index contributed by atoms with van der Waals surface area (Å²) in [4.78, 5) is 6.61. The summed E-state index contributed by atoms with van der Waals surface area (Å²) in [5.74, 6) is 0. The Morgan fingerprint density at radius 3 is 3.13 bits per heavy atom. The molecular weight excluding hydrogens is 186 g/mol. The van der Waals surface area contributed by atoms with Gasteiger partial charge >= 0.3 is 0 Å². The molecule has 1 saturated heterocycles. The minimum Gasteiger partial charge on any atom is -0.327 e. The van der Waals surface area contributed by atoms with E-state index in [1.54, 1.807) is 0 Å². The van der Waals surface area contributed by atoms with Crippen LogP contribution in [0.3, 0.4) is 0 Å². The van der Waals surface area contributed by atoms with Gasteiger partial charge in [-0.3, -0.25) is 9.88 Å². The molecule has 0 spiro atoms. The molecule has 0 saturated carbocycles. The van der Waals surface area contributed by atoms with E-state index in [1.807, 2.05) is 18.5 Å². The van der Waals surface area contributed by atoms with Gasteiger partial charge in [-0.2, -0.15) is 0 Å². The lowest BCUT2D eigenvalue weighted by atomic mass is 10.0. The van der Waals surface area contributed by atoms with E-state index in [1.165, 1.54) is 12.0 Å². The number of hydrogen-bond acceptors (Lipinski definition) is 3. The summed E-state index contributed by atoms with van der Waals surface area (Å²) in [6.45, 7) is 4.40. The number of hydrogen-bond donors (Lipinski definition) is 1. The summed E-state index contributed by atoms with van der Waals surface area (Å²) in [6, 6.07) is 4.91. The summed E-state index contributed by atoms with van der Waals surface area (Å²) in [6.07, 6.45) is 6.14. The zero-order chi connectivity index (χ0) is 10.7. The minimum atomic E-state index is 0.345. The average molecular weight is 205 g/mol. The predicted molar refractivity (Wildman–Crippen MR) is 61.4 cm³/mol. The van der Waals surface area contributed by atoms with E-state index in [4.69, 9.17) is 5.73 Å². The maximum atomic E-state index is 5.98. The van der Waals surface area contributed by atoms with E-state index in [9.17, 15) is 0 Å². The van der Waals surface area contributed by atoms with Crippen molar-refractivity contribution in [3.8, 4) is 0 Å². The molecule has 1 aromatic heterocycles. The molecule has 2 unspecified atom stereocenters. The van der Waals surface area contributed by atoms with E-state index in [0.717, 1.165) is 19.5 Å². The van der Waals surface area contributed by atoms with E-state index >= 15 is 0 Å². The molecule has 0 radical (unpaired) electrons. The Bertz CT molecular complexity index is 299. The van der Waals surface area contributed by atoms with E-state index in [-0.39, 0.29) is 0 Å². The van der Waals surface area contributed by atoms with E-state index < -0.39 is 0 Å². The highest BCUT2D eigenvalue weighted by Crippen LogP contribution is 2.22. The van der Waals surface area contributed by atoms with Crippen molar-refractivity contribution in [2.45, 2.75) is 31.8 Å². The van der Waals surface area contributed by atoms with E-state index in [0.29, 0.717) is 12.1 Å². The first-order valence-electron chi connectivity index (χ1n) is 5.67. The van der Waals surface area contributed by atoms with Gasteiger partial charge in [-0.1, -0.05) is 6.07 Å². The van der Waals surface area contributed by atoms with Gasteiger partial charge < -0.3 is 5.73 Å². The summed E-state index contributed by atoms with van der Waals surface area (Å²) in [7, 11) is 0. The molecule has 2 heterocycles. The monoisotopic (exact) mass is 205 g/mol. The van der Waals surface area contributed by atoms with Crippen LogP contribution in [0.2, 0.25) is 0 Å². The second-order valence-electron chi connectivity index (χ2n) is 4.36. The molecule has 0 amide bonds. The largest absolute Gasteiger partial charge is 0.327 e. The molecule has 3 heteroatoms. The summed E-state index contributed by atoms with van der Waals surface area (Å²) in [5.41, 5.74) is 7.27. The molecule has 0 aliphatic carbocycles. The first kappa shape index (κ1) is 10.6. The van der Waals surface area contributed by atoms with Gasteiger partial charge in [-0.05, 0) is 37.9 Å². The Balaban J connectivity index is 2.04. The standard InChI is InChI=1S/C12H19N3/c1-10(11-4-2-6-14-8-11)15-7-3-5-12(13)9-15/h2,4,6,8,10,12H,3,5,7,9,13H2,1H3. The fourth-order valence-corrected chi connectivity index (χ4v) is 2.23. The van der Waals surface area contributed by atoms with Gasteiger partial charge in [0.2, 0.25) is 0 Å². The topological polar surface area (TPSA) is 42.2 Å². The fourth-order valence-electron chi connectivity index (χ4n) is 2.23. The second-order valence-corrected chi connectivity index (χ2v) is 4.36. The van der Waals surface area contributed by atoms with Gasteiger partial charge in [0.05, 0.1) is 0 Å². The maximum absolute atomic E-state index is 5.98. The number of rotatable bonds is 2. The Morgan fingerprint density at radius 1 is 1.60 bits per heavy atom. The van der Waals surface area contributed by atoms with Crippen LogP contribution in [-0.4, -0.2) is 29.0 Å². The van der Waals surface area contributed by atoms with Crippen LogP contribution in [0.1, 0.15) is 31.4 Å². The fraction of sp³-hybridized carbons (Fsp3) is 0.583. The van der Waals surface area contributed by atoms with Gasteiger partial charge in [0.15, 0.2) is 0 Å². The molecule has 1 aliphatic rings. The first-order valence-corrected chi connectivity index (χ1v) is 5.67. The number of likely N-dealkylation sites (tertiary alicyclic amines) is 1. The Labute approximate surface area is 91.3 Å². The second kappa shape index (κ2) is 4.73. The molecule has 82 valence electrons. The number of pyridine rings is 1. The molecule has 1 aromatic rings. The highest BCUT2D eigenvalue weighted by molar-refractivity contribution is 5.13. The first-order chi connectivity index (χ1) is 7.27. The highest BCUT2D eigenvalue weighted by atomic mass is 15.2. The molecule has 0 bridgehead atoms. The molecular formula is C12H19N3. The third-order valence-corrected chi connectivity index (χ3v) is 3.20. The molecule has 15 heavy (non-hydrogen) atoms. The third-order valence-electron chi connectivity index (χ3n) is 3.20. The van der Waals surface area contributed by atoms with Crippen LogP contribution in [0.25, 0.3) is 0 Å². The lowest BCUT2D eigenvalue weighted by molar-refractivity contribution is 0.159. The zero-order valence-corrected chi connectivity index (χ0v) is 9.26. The van der Waals surface area contributed by atoms with Crippen molar-refractivity contribution in [3.63, 3.8) is 0 Å². The molecule has 1 aliphatic heterocycles. The zero-order valence-electron chi connectivity index (χ0n) is 9.26. The molecule has 2 rings (SSSR count). The van der Waals surface area contributed by atoms with Crippen LogP contribution in [0.5, 0.6) is 0 Å². The number of piperidine rings is 1. The minimum absolute atomic E-state index is 0.345. The molecule has 2 atom stereocenters. The van der Waals surface area contributed by atoms with Gasteiger partial charge in [0, 0.05) is 31.0 Å². The summed E-state index contributed by atoms with van der Waals surface area (Å²) < 4.78 is 0. The third kappa shape index (κ3) is 2.55. The van der Waals surface area contributed by atoms with Crippen molar-refractivity contribution < 1.29 is 0 Å². The van der Waals surface area contributed by atoms with Gasteiger partial charge in [0.25, 0.3) is 0 Å². The Morgan fingerprint density at radius 2 is 2.47 bits per heavy atom. The van der Waals surface area contributed by atoms with Crippen molar-refractivity contribution in [1.82, 2.24) is 9.88 Å². The van der Waals surface area contributed by atoms with Gasteiger partial charge in [-0.25, -0.2) is 0 Å².